The fraction of sp³-hybridized carbons (Fsp3) is 0.278. The predicted molar refractivity (Wildman–Crippen MR) is 159 cm³/mol. The Balaban J connectivity index is 1.05. The largest absolute Gasteiger partial charge is 0.356 e. The van der Waals surface area contributed by atoms with Crippen molar-refractivity contribution in [2.75, 3.05) is 6.54 Å². The molecule has 1 saturated carbocycles. The number of benzene rings is 4. The molecule has 0 aliphatic heterocycles. The molecular formula is C36H37NO2. The Bertz CT molecular complexity index is 1240. The van der Waals surface area contributed by atoms with Gasteiger partial charge in [0.1, 0.15) is 5.78 Å². The molecule has 4 aromatic rings. The highest BCUT2D eigenvalue weighted by Crippen LogP contribution is 2.34. The Labute approximate surface area is 232 Å². The average molecular weight is 516 g/mol. The third kappa shape index (κ3) is 7.11. The van der Waals surface area contributed by atoms with Crippen LogP contribution >= 0.6 is 0 Å². The van der Waals surface area contributed by atoms with Crippen LogP contribution in [0.5, 0.6) is 0 Å². The van der Waals surface area contributed by atoms with Crippen LogP contribution in [0.2, 0.25) is 0 Å². The van der Waals surface area contributed by atoms with Crippen LogP contribution in [0.15, 0.2) is 109 Å². The van der Waals surface area contributed by atoms with E-state index in [1.807, 2.05) is 24.3 Å². The maximum Gasteiger partial charge on any atom is 0.223 e. The van der Waals surface area contributed by atoms with Gasteiger partial charge in [0.05, 0.1) is 0 Å². The van der Waals surface area contributed by atoms with E-state index in [0.29, 0.717) is 13.0 Å². The number of rotatable bonds is 11. The van der Waals surface area contributed by atoms with Crippen LogP contribution in [-0.4, -0.2) is 18.2 Å². The Hall–Kier alpha value is -3.98. The second kappa shape index (κ2) is 13.2. The van der Waals surface area contributed by atoms with E-state index in [1.165, 1.54) is 33.4 Å². The number of carbonyl (C=O) groups is 2. The highest BCUT2D eigenvalue weighted by molar-refractivity contribution is 5.89. The topological polar surface area (TPSA) is 46.2 Å². The van der Waals surface area contributed by atoms with E-state index in [1.54, 1.807) is 0 Å². The van der Waals surface area contributed by atoms with E-state index in [-0.39, 0.29) is 23.5 Å². The van der Waals surface area contributed by atoms with E-state index in [4.69, 9.17) is 0 Å². The van der Waals surface area contributed by atoms with E-state index in [0.717, 1.165) is 38.5 Å². The third-order valence-corrected chi connectivity index (χ3v) is 7.99. The summed E-state index contributed by atoms with van der Waals surface area (Å²) in [6.07, 6.45) is 5.65. The number of ketones is 1. The first-order valence-corrected chi connectivity index (χ1v) is 14.3. The maximum absolute atomic E-state index is 13.1. The molecule has 1 N–H and O–H groups in total. The lowest BCUT2D eigenvalue weighted by molar-refractivity contribution is -0.132. The summed E-state index contributed by atoms with van der Waals surface area (Å²) in [4.78, 5) is 26.0. The van der Waals surface area contributed by atoms with Crippen molar-refractivity contribution in [3.05, 3.63) is 120 Å². The van der Waals surface area contributed by atoms with E-state index >= 15 is 0 Å². The van der Waals surface area contributed by atoms with Gasteiger partial charge in [0.2, 0.25) is 5.91 Å². The highest BCUT2D eigenvalue weighted by Gasteiger charge is 2.36. The van der Waals surface area contributed by atoms with E-state index in [9.17, 15) is 9.59 Å². The number of hydrogen-bond donors (Lipinski definition) is 1. The summed E-state index contributed by atoms with van der Waals surface area (Å²) < 4.78 is 0. The molecule has 0 unspecified atom stereocenters. The van der Waals surface area contributed by atoms with Crippen LogP contribution in [0.3, 0.4) is 0 Å². The molecule has 1 fully saturated rings. The van der Waals surface area contributed by atoms with Gasteiger partial charge in [-0.25, -0.2) is 0 Å². The molecule has 3 heteroatoms. The summed E-state index contributed by atoms with van der Waals surface area (Å²) in [5.41, 5.74) is 7.27. The van der Waals surface area contributed by atoms with Gasteiger partial charge in [-0.15, -0.1) is 0 Å². The minimum Gasteiger partial charge on any atom is -0.356 e. The Kier molecular flexibility index (Phi) is 9.01. The lowest BCUT2D eigenvalue weighted by Gasteiger charge is -2.18. The third-order valence-electron chi connectivity index (χ3n) is 7.99. The summed E-state index contributed by atoms with van der Waals surface area (Å²) in [7, 11) is 0. The summed E-state index contributed by atoms with van der Waals surface area (Å²) in [5, 5.41) is 3.11. The van der Waals surface area contributed by atoms with Crippen molar-refractivity contribution in [1.82, 2.24) is 5.32 Å². The van der Waals surface area contributed by atoms with Gasteiger partial charge < -0.3 is 5.32 Å². The Morgan fingerprint density at radius 1 is 0.590 bits per heavy atom. The van der Waals surface area contributed by atoms with E-state index in [2.05, 4.69) is 90.2 Å². The van der Waals surface area contributed by atoms with Crippen molar-refractivity contribution in [1.29, 1.82) is 0 Å². The Morgan fingerprint density at radius 2 is 1.08 bits per heavy atom. The quantitative estimate of drug-likeness (QED) is 0.223. The molecule has 0 saturated heterocycles. The van der Waals surface area contributed by atoms with Crippen molar-refractivity contribution in [3.63, 3.8) is 0 Å². The highest BCUT2D eigenvalue weighted by atomic mass is 16.2. The first-order chi connectivity index (χ1) is 19.2. The smallest absolute Gasteiger partial charge is 0.223 e. The van der Waals surface area contributed by atoms with Gasteiger partial charge in [0.15, 0.2) is 0 Å². The molecule has 39 heavy (non-hydrogen) atoms. The van der Waals surface area contributed by atoms with Gasteiger partial charge >= 0.3 is 0 Å². The van der Waals surface area contributed by atoms with Crippen LogP contribution in [0.25, 0.3) is 22.3 Å². The summed E-state index contributed by atoms with van der Waals surface area (Å²) in [5.74, 6) is -0.00737. The molecular weight excluding hydrogens is 478 g/mol. The zero-order valence-corrected chi connectivity index (χ0v) is 22.5. The number of amides is 1. The molecule has 5 rings (SSSR count). The molecule has 4 aromatic carbocycles. The van der Waals surface area contributed by atoms with Gasteiger partial charge in [0.25, 0.3) is 0 Å². The standard InChI is InChI=1S/C36H37NO2/c38-35(16-7-9-27-17-21-31(22-18-27)29-10-3-1-4-11-29)33-14-8-15-34(33)36(39)37-26-25-28-19-23-32(24-20-28)30-12-5-2-6-13-30/h1-6,10-13,17-24,33-34H,7-9,14-16,25-26H2,(H,37,39)/t33-,34-/m1/s1. The zero-order valence-electron chi connectivity index (χ0n) is 22.5. The van der Waals surface area contributed by atoms with Gasteiger partial charge in [0, 0.05) is 24.8 Å². The van der Waals surface area contributed by atoms with Crippen molar-refractivity contribution in [3.8, 4) is 22.3 Å². The molecule has 1 aliphatic rings. The number of Topliss-reactive ketones (excluding diaryl/α,β-unsaturated/α-hetero) is 1. The minimum atomic E-state index is -0.178. The van der Waals surface area contributed by atoms with Crippen molar-refractivity contribution >= 4 is 11.7 Å². The lowest BCUT2D eigenvalue weighted by atomic mass is 9.88. The van der Waals surface area contributed by atoms with Crippen LogP contribution in [0, 0.1) is 11.8 Å². The molecule has 3 nitrogen and oxygen atoms in total. The van der Waals surface area contributed by atoms with Gasteiger partial charge in [-0.2, -0.15) is 0 Å². The van der Waals surface area contributed by atoms with Gasteiger partial charge in [-0.1, -0.05) is 116 Å². The predicted octanol–water partition coefficient (Wildman–Crippen LogP) is 7.69. The zero-order chi connectivity index (χ0) is 26.9. The lowest BCUT2D eigenvalue weighted by Crippen LogP contribution is -2.36. The summed E-state index contributed by atoms with van der Waals surface area (Å²) in [6, 6.07) is 37.9. The van der Waals surface area contributed by atoms with Gasteiger partial charge in [-0.3, -0.25) is 9.59 Å². The molecule has 0 bridgehead atoms. The minimum absolute atomic E-state index is 0.0447. The summed E-state index contributed by atoms with van der Waals surface area (Å²) >= 11 is 0. The molecule has 0 heterocycles. The van der Waals surface area contributed by atoms with E-state index < -0.39 is 0 Å². The molecule has 2 atom stereocenters. The summed E-state index contributed by atoms with van der Waals surface area (Å²) in [6.45, 7) is 0.597. The van der Waals surface area contributed by atoms with Crippen molar-refractivity contribution in [2.24, 2.45) is 11.8 Å². The molecule has 0 aromatic heterocycles. The van der Waals surface area contributed by atoms with Crippen LogP contribution in [-0.2, 0) is 22.4 Å². The van der Waals surface area contributed by atoms with Gasteiger partial charge in [-0.05, 0) is 65.5 Å². The van der Waals surface area contributed by atoms with Crippen LogP contribution < -0.4 is 5.32 Å². The fourth-order valence-electron chi connectivity index (χ4n) is 5.76. The first-order valence-electron chi connectivity index (χ1n) is 14.3. The second-order valence-electron chi connectivity index (χ2n) is 10.6. The van der Waals surface area contributed by atoms with Crippen molar-refractivity contribution < 1.29 is 9.59 Å². The number of hydrogen-bond acceptors (Lipinski definition) is 2. The van der Waals surface area contributed by atoms with Crippen molar-refractivity contribution in [2.45, 2.75) is 44.9 Å². The number of aryl methyl sites for hydroxylation is 1. The second-order valence-corrected chi connectivity index (χ2v) is 10.6. The molecule has 0 spiro atoms. The fourth-order valence-corrected chi connectivity index (χ4v) is 5.76. The van der Waals surface area contributed by atoms with Crippen LogP contribution in [0.4, 0.5) is 0 Å². The number of nitrogens with one attached hydrogen (secondary N) is 1. The molecule has 1 amide bonds. The molecule has 0 radical (unpaired) electrons. The normalized spacial score (nSPS) is 16.6. The molecule has 198 valence electrons. The SMILES string of the molecule is O=C(CCCc1ccc(-c2ccccc2)cc1)[C@@H]1CCC[C@H]1C(=O)NCCc1ccc(-c2ccccc2)cc1. The number of carbonyl (C=O) groups excluding carboxylic acids is 2. The maximum atomic E-state index is 13.1. The van der Waals surface area contributed by atoms with Crippen LogP contribution in [0.1, 0.15) is 43.2 Å². The first kappa shape index (κ1) is 26.6. The molecule has 1 aliphatic carbocycles. The Morgan fingerprint density at radius 3 is 1.64 bits per heavy atom. The monoisotopic (exact) mass is 515 g/mol. The average Bonchev–Trinajstić information content (AvgIpc) is 3.49.